The minimum absolute atomic E-state index is 0.0573. The minimum Gasteiger partial charge on any atom is -0.385 e. The highest BCUT2D eigenvalue weighted by atomic mass is 32.1. The van der Waals surface area contributed by atoms with E-state index in [2.05, 4.69) is 40.6 Å². The van der Waals surface area contributed by atoms with Crippen molar-refractivity contribution < 1.29 is 4.79 Å². The van der Waals surface area contributed by atoms with Crippen molar-refractivity contribution in [3.63, 3.8) is 0 Å². The van der Waals surface area contributed by atoms with Crippen molar-refractivity contribution in [3.05, 3.63) is 76.5 Å². The molecular formula is C27H35N5OS. The Bertz CT molecular complexity index is 1100. The van der Waals surface area contributed by atoms with Crippen molar-refractivity contribution in [2.24, 2.45) is 0 Å². The lowest BCUT2D eigenvalue weighted by Gasteiger charge is -2.24. The van der Waals surface area contributed by atoms with Gasteiger partial charge in [-0.1, -0.05) is 13.5 Å². The lowest BCUT2D eigenvalue weighted by atomic mass is 10.0. The number of likely N-dealkylation sites (tertiary alicyclic amines) is 1. The molecule has 1 amide bonds. The van der Waals surface area contributed by atoms with Gasteiger partial charge in [0.15, 0.2) is 0 Å². The van der Waals surface area contributed by atoms with Gasteiger partial charge < -0.3 is 20.1 Å². The molecule has 1 unspecified atom stereocenters. The van der Waals surface area contributed by atoms with E-state index in [0.717, 1.165) is 79.5 Å². The Kier molecular flexibility index (Phi) is 8.19. The second-order valence-corrected chi connectivity index (χ2v) is 9.74. The fourth-order valence-electron chi connectivity index (χ4n) is 4.38. The van der Waals surface area contributed by atoms with Crippen LogP contribution in [0.25, 0.3) is 11.4 Å². The van der Waals surface area contributed by atoms with Crippen molar-refractivity contribution in [1.82, 2.24) is 25.1 Å². The molecule has 2 aromatic heterocycles. The van der Waals surface area contributed by atoms with Crippen LogP contribution >= 0.6 is 11.3 Å². The summed E-state index contributed by atoms with van der Waals surface area (Å²) in [6.45, 7) is 12.1. The van der Waals surface area contributed by atoms with Gasteiger partial charge in [-0.25, -0.2) is 4.98 Å². The first-order valence-electron chi connectivity index (χ1n) is 12.2. The van der Waals surface area contributed by atoms with E-state index in [9.17, 15) is 4.79 Å². The minimum atomic E-state index is 0.0573. The molecule has 4 rings (SSSR count). The van der Waals surface area contributed by atoms with Gasteiger partial charge in [-0.15, -0.1) is 11.3 Å². The number of amides is 1. The largest absolute Gasteiger partial charge is 0.385 e. The number of nitrogens with zero attached hydrogens (tertiary/aromatic N) is 3. The maximum absolute atomic E-state index is 13.7. The maximum Gasteiger partial charge on any atom is 0.254 e. The van der Waals surface area contributed by atoms with E-state index in [1.54, 1.807) is 11.3 Å². The molecule has 7 heteroatoms. The molecule has 3 heterocycles. The van der Waals surface area contributed by atoms with Gasteiger partial charge in [-0.05, 0) is 81.6 Å². The normalized spacial score (nSPS) is 15.6. The highest BCUT2D eigenvalue weighted by Gasteiger charge is 2.32. The summed E-state index contributed by atoms with van der Waals surface area (Å²) in [5.41, 5.74) is 4.45. The number of hydrogen-bond donors (Lipinski definition) is 2. The summed E-state index contributed by atoms with van der Waals surface area (Å²) in [4.78, 5) is 20.4. The fraction of sp³-hybridized carbons (Fsp3) is 0.407. The number of aromatic nitrogens is 2. The van der Waals surface area contributed by atoms with Gasteiger partial charge >= 0.3 is 0 Å². The van der Waals surface area contributed by atoms with Crippen LogP contribution in [0.15, 0.2) is 54.7 Å². The van der Waals surface area contributed by atoms with Crippen LogP contribution in [0, 0.1) is 6.92 Å². The van der Waals surface area contributed by atoms with Gasteiger partial charge in [0.25, 0.3) is 5.91 Å². The van der Waals surface area contributed by atoms with E-state index in [4.69, 9.17) is 0 Å². The maximum atomic E-state index is 13.7. The van der Waals surface area contributed by atoms with Crippen LogP contribution in [0.5, 0.6) is 0 Å². The van der Waals surface area contributed by atoms with Crippen LogP contribution in [-0.2, 0) is 0 Å². The Morgan fingerprint density at radius 2 is 1.97 bits per heavy atom. The van der Waals surface area contributed by atoms with Gasteiger partial charge in [-0.2, -0.15) is 0 Å². The molecule has 3 aromatic rings. The first-order chi connectivity index (χ1) is 16.6. The Morgan fingerprint density at radius 3 is 2.71 bits per heavy atom. The van der Waals surface area contributed by atoms with E-state index in [1.165, 1.54) is 0 Å². The SMILES string of the molecule is C=C(NCCCNCCC)c1cc(C(=O)N2CCCC2c2nc(C)cs2)cc(-n2cccc2)c1. The molecular weight excluding hydrogens is 442 g/mol. The summed E-state index contributed by atoms with van der Waals surface area (Å²) < 4.78 is 2.04. The highest BCUT2D eigenvalue weighted by Crippen LogP contribution is 2.35. The number of thiazole rings is 1. The lowest BCUT2D eigenvalue weighted by Crippen LogP contribution is -2.30. The van der Waals surface area contributed by atoms with E-state index in [-0.39, 0.29) is 11.9 Å². The zero-order valence-corrected chi connectivity index (χ0v) is 21.0. The average Bonchev–Trinajstić information content (AvgIpc) is 3.62. The number of hydrogen-bond acceptors (Lipinski definition) is 5. The number of aryl methyl sites for hydroxylation is 1. The van der Waals surface area contributed by atoms with Gasteiger partial charge in [0, 0.05) is 53.5 Å². The third-order valence-corrected chi connectivity index (χ3v) is 7.21. The molecule has 6 nitrogen and oxygen atoms in total. The quantitative estimate of drug-likeness (QED) is 0.374. The first-order valence-corrected chi connectivity index (χ1v) is 13.1. The molecule has 34 heavy (non-hydrogen) atoms. The van der Waals surface area contributed by atoms with Crippen molar-refractivity contribution in [3.8, 4) is 5.69 Å². The zero-order valence-electron chi connectivity index (χ0n) is 20.2. The Balaban J connectivity index is 1.55. The van der Waals surface area contributed by atoms with Crippen LogP contribution in [0.4, 0.5) is 0 Å². The Morgan fingerprint density at radius 1 is 1.18 bits per heavy atom. The van der Waals surface area contributed by atoms with Crippen molar-refractivity contribution in [1.29, 1.82) is 0 Å². The molecule has 0 aliphatic carbocycles. The molecule has 1 fully saturated rings. The monoisotopic (exact) mass is 477 g/mol. The summed E-state index contributed by atoms with van der Waals surface area (Å²) >= 11 is 1.65. The number of benzene rings is 1. The molecule has 1 atom stereocenters. The van der Waals surface area contributed by atoms with Gasteiger partial charge in [0.05, 0.1) is 6.04 Å². The smallest absolute Gasteiger partial charge is 0.254 e. The Labute approximate surface area is 206 Å². The predicted molar refractivity (Wildman–Crippen MR) is 140 cm³/mol. The third-order valence-electron chi connectivity index (χ3n) is 6.15. The van der Waals surface area contributed by atoms with E-state index < -0.39 is 0 Å². The fourth-order valence-corrected chi connectivity index (χ4v) is 5.32. The molecule has 1 saturated heterocycles. The molecule has 0 saturated carbocycles. The number of nitrogens with one attached hydrogen (secondary N) is 2. The zero-order chi connectivity index (χ0) is 23.9. The predicted octanol–water partition coefficient (Wildman–Crippen LogP) is 5.17. The standard InChI is InChI=1S/C27H35N5OS/c1-4-10-28-11-8-12-29-21(3)22-16-23(18-24(17-22)31-13-5-6-14-31)27(33)32-15-7-9-25(32)26-30-20(2)19-34-26/h5-6,13-14,16-19,25,28-29H,3-4,7-12,15H2,1-2H3. The lowest BCUT2D eigenvalue weighted by molar-refractivity contribution is 0.0735. The summed E-state index contributed by atoms with van der Waals surface area (Å²) in [5, 5.41) is 9.97. The average molecular weight is 478 g/mol. The molecule has 1 aliphatic rings. The van der Waals surface area contributed by atoms with Crippen LogP contribution < -0.4 is 10.6 Å². The van der Waals surface area contributed by atoms with Gasteiger partial charge in [0.2, 0.25) is 0 Å². The van der Waals surface area contributed by atoms with Crippen molar-refractivity contribution in [2.75, 3.05) is 26.2 Å². The van der Waals surface area contributed by atoms with Crippen LogP contribution in [0.1, 0.15) is 65.3 Å². The molecule has 180 valence electrons. The number of carbonyl (C=O) groups is 1. The van der Waals surface area contributed by atoms with E-state index >= 15 is 0 Å². The molecule has 1 aromatic carbocycles. The van der Waals surface area contributed by atoms with Gasteiger partial charge in [-0.3, -0.25) is 4.79 Å². The van der Waals surface area contributed by atoms with E-state index in [0.29, 0.717) is 5.56 Å². The van der Waals surface area contributed by atoms with Gasteiger partial charge in [0.1, 0.15) is 5.01 Å². The topological polar surface area (TPSA) is 62.2 Å². The van der Waals surface area contributed by atoms with Crippen molar-refractivity contribution >= 4 is 22.9 Å². The number of rotatable bonds is 11. The molecule has 0 bridgehead atoms. The first kappa shape index (κ1) is 24.2. The summed E-state index contributed by atoms with van der Waals surface area (Å²) in [5.74, 6) is 0.0576. The summed E-state index contributed by atoms with van der Waals surface area (Å²) in [6, 6.07) is 10.1. The summed E-state index contributed by atoms with van der Waals surface area (Å²) in [7, 11) is 0. The van der Waals surface area contributed by atoms with E-state index in [1.807, 2.05) is 53.0 Å². The molecule has 0 radical (unpaired) electrons. The molecule has 2 N–H and O–H groups in total. The van der Waals surface area contributed by atoms with Crippen LogP contribution in [0.3, 0.4) is 0 Å². The van der Waals surface area contributed by atoms with Crippen LogP contribution in [-0.4, -0.2) is 46.5 Å². The molecule has 1 aliphatic heterocycles. The third kappa shape index (κ3) is 5.77. The summed E-state index contributed by atoms with van der Waals surface area (Å²) in [6.07, 6.45) is 8.12. The second kappa shape index (κ2) is 11.5. The second-order valence-electron chi connectivity index (χ2n) is 8.85. The number of carbonyl (C=O) groups excluding carboxylic acids is 1. The molecule has 0 spiro atoms. The Hall–Kier alpha value is -2.90. The highest BCUT2D eigenvalue weighted by molar-refractivity contribution is 7.09. The van der Waals surface area contributed by atoms with Crippen LogP contribution in [0.2, 0.25) is 0 Å². The van der Waals surface area contributed by atoms with Crippen molar-refractivity contribution in [2.45, 2.75) is 45.6 Å².